The molecule has 3 nitrogen and oxygen atoms in total. The molecule has 3 heteroatoms. The Morgan fingerprint density at radius 2 is 1.35 bits per heavy atom. The summed E-state index contributed by atoms with van der Waals surface area (Å²) in [5.41, 5.74) is 4.62. The molecule has 1 N–H and O–H groups in total. The number of benzene rings is 1. The van der Waals surface area contributed by atoms with Crippen molar-refractivity contribution in [2.45, 2.75) is 83.5 Å². The first-order valence-corrected chi connectivity index (χ1v) is 10.7. The lowest BCUT2D eigenvalue weighted by Crippen LogP contribution is -2.19. The van der Waals surface area contributed by atoms with E-state index >= 15 is 0 Å². The van der Waals surface area contributed by atoms with Crippen molar-refractivity contribution >= 4 is 11.6 Å². The number of hydrogen-bond donors (Lipinski definition) is 1. The van der Waals surface area contributed by atoms with E-state index in [1.807, 2.05) is 30.3 Å². The highest BCUT2D eigenvalue weighted by atomic mass is 16.2. The van der Waals surface area contributed by atoms with E-state index in [4.69, 9.17) is 0 Å². The second-order valence-corrected chi connectivity index (χ2v) is 8.13. The van der Waals surface area contributed by atoms with Crippen LogP contribution < -0.4 is 5.43 Å². The maximum absolute atomic E-state index is 12.2. The number of hydrogen-bond acceptors (Lipinski definition) is 2. The largest absolute Gasteiger partial charge is 0.271 e. The van der Waals surface area contributed by atoms with Crippen LogP contribution >= 0.6 is 0 Å². The molecule has 1 atom stereocenters. The topological polar surface area (TPSA) is 41.5 Å². The van der Waals surface area contributed by atoms with Crippen LogP contribution in [0.15, 0.2) is 35.4 Å². The summed E-state index contributed by atoms with van der Waals surface area (Å²) < 4.78 is 0. The third kappa shape index (κ3) is 5.96. The zero-order valence-electron chi connectivity index (χ0n) is 16.1. The molecule has 2 aliphatic rings. The third-order valence-corrected chi connectivity index (χ3v) is 6.25. The second-order valence-electron chi connectivity index (χ2n) is 8.13. The van der Waals surface area contributed by atoms with Crippen molar-refractivity contribution in [1.29, 1.82) is 0 Å². The lowest BCUT2D eigenvalue weighted by Gasteiger charge is -2.25. The first kappa shape index (κ1) is 19.1. The Morgan fingerprint density at radius 1 is 0.769 bits per heavy atom. The van der Waals surface area contributed by atoms with E-state index in [0.29, 0.717) is 5.56 Å². The molecule has 0 heterocycles. The van der Waals surface area contributed by atoms with Gasteiger partial charge in [0.1, 0.15) is 0 Å². The number of hydrazone groups is 1. The Hall–Kier alpha value is -1.64. The molecule has 0 aromatic heterocycles. The van der Waals surface area contributed by atoms with Crippen LogP contribution in [0.2, 0.25) is 0 Å². The molecule has 2 saturated carbocycles. The minimum Gasteiger partial charge on any atom is -0.267 e. The van der Waals surface area contributed by atoms with Gasteiger partial charge in [-0.1, -0.05) is 69.6 Å². The molecule has 0 bridgehead atoms. The summed E-state index contributed by atoms with van der Waals surface area (Å²) >= 11 is 0. The lowest BCUT2D eigenvalue weighted by atomic mass is 9.80. The summed E-state index contributed by atoms with van der Waals surface area (Å²) in [7, 11) is 0. The van der Waals surface area contributed by atoms with Crippen molar-refractivity contribution in [3.63, 3.8) is 0 Å². The summed E-state index contributed by atoms with van der Waals surface area (Å²) in [5, 5.41) is 4.47. The van der Waals surface area contributed by atoms with Gasteiger partial charge in [-0.2, -0.15) is 5.10 Å². The monoisotopic (exact) mass is 354 g/mol. The highest BCUT2D eigenvalue weighted by molar-refractivity contribution is 5.95. The van der Waals surface area contributed by atoms with Crippen molar-refractivity contribution in [2.24, 2.45) is 16.9 Å². The van der Waals surface area contributed by atoms with Crippen LogP contribution in [-0.4, -0.2) is 11.6 Å². The normalized spacial score (nSPS) is 24.9. The maximum atomic E-state index is 12.2. The van der Waals surface area contributed by atoms with E-state index in [1.165, 1.54) is 76.3 Å². The third-order valence-electron chi connectivity index (χ3n) is 6.25. The van der Waals surface area contributed by atoms with E-state index < -0.39 is 0 Å². The van der Waals surface area contributed by atoms with Gasteiger partial charge in [-0.05, 0) is 56.1 Å². The van der Waals surface area contributed by atoms with Gasteiger partial charge in [-0.15, -0.1) is 0 Å². The molecule has 0 radical (unpaired) electrons. The van der Waals surface area contributed by atoms with Crippen molar-refractivity contribution < 1.29 is 4.79 Å². The van der Waals surface area contributed by atoms with Crippen molar-refractivity contribution in [3.8, 4) is 0 Å². The van der Waals surface area contributed by atoms with E-state index in [9.17, 15) is 4.79 Å². The molecule has 2 aliphatic carbocycles. The highest BCUT2D eigenvalue weighted by Gasteiger charge is 2.23. The van der Waals surface area contributed by atoms with Crippen LogP contribution in [-0.2, 0) is 0 Å². The Labute approximate surface area is 158 Å². The molecule has 1 amide bonds. The van der Waals surface area contributed by atoms with E-state index in [2.05, 4.69) is 10.5 Å². The molecule has 0 unspecified atom stereocenters. The van der Waals surface area contributed by atoms with Crippen LogP contribution in [0.4, 0.5) is 0 Å². The molecular weight excluding hydrogens is 320 g/mol. The average Bonchev–Trinajstić information content (AvgIpc) is 2.90. The molecule has 0 aliphatic heterocycles. The number of amides is 1. The molecule has 0 saturated heterocycles. The lowest BCUT2D eigenvalue weighted by molar-refractivity contribution is 0.0954. The molecule has 1 aromatic rings. The Balaban J connectivity index is 1.51. The smallest absolute Gasteiger partial charge is 0.267 e. The number of rotatable bonds is 3. The molecule has 0 spiro atoms. The number of nitrogens with one attached hydrogen (secondary N) is 1. The highest BCUT2D eigenvalue weighted by Crippen LogP contribution is 2.35. The summed E-state index contributed by atoms with van der Waals surface area (Å²) in [4.78, 5) is 12.2. The van der Waals surface area contributed by atoms with Gasteiger partial charge < -0.3 is 0 Å². The predicted molar refractivity (Wildman–Crippen MR) is 108 cm³/mol. The first-order valence-electron chi connectivity index (χ1n) is 10.7. The first-order chi connectivity index (χ1) is 12.8. The fourth-order valence-electron chi connectivity index (χ4n) is 4.72. The molecule has 142 valence electrons. The fraction of sp³-hybridized carbons (Fsp3) is 0.652. The molecule has 2 fully saturated rings. The molecular formula is C23H34N2O. The summed E-state index contributed by atoms with van der Waals surface area (Å²) in [6, 6.07) is 9.35. The minimum atomic E-state index is -0.102. The van der Waals surface area contributed by atoms with Crippen LogP contribution in [0.3, 0.4) is 0 Å². The quantitative estimate of drug-likeness (QED) is 0.517. The molecule has 1 aromatic carbocycles. The Morgan fingerprint density at radius 3 is 2.04 bits per heavy atom. The molecule has 3 rings (SSSR count). The van der Waals surface area contributed by atoms with Gasteiger partial charge in [-0.25, -0.2) is 5.43 Å². The van der Waals surface area contributed by atoms with E-state index in [-0.39, 0.29) is 5.91 Å². The van der Waals surface area contributed by atoms with Crippen molar-refractivity contribution in [2.75, 3.05) is 0 Å². The molecule has 26 heavy (non-hydrogen) atoms. The number of carbonyl (C=O) groups is 1. The Bertz CT molecular complexity index is 573. The van der Waals surface area contributed by atoms with Gasteiger partial charge in [0, 0.05) is 11.3 Å². The van der Waals surface area contributed by atoms with Crippen LogP contribution in [0.1, 0.15) is 93.8 Å². The van der Waals surface area contributed by atoms with Gasteiger partial charge in [-0.3, -0.25) is 4.79 Å². The van der Waals surface area contributed by atoms with Gasteiger partial charge in [0.15, 0.2) is 0 Å². The minimum absolute atomic E-state index is 0.102. The van der Waals surface area contributed by atoms with Crippen LogP contribution in [0, 0.1) is 11.8 Å². The van der Waals surface area contributed by atoms with Gasteiger partial charge in [0.2, 0.25) is 0 Å². The Kier molecular flexibility index (Phi) is 7.72. The van der Waals surface area contributed by atoms with Crippen LogP contribution in [0.5, 0.6) is 0 Å². The summed E-state index contributed by atoms with van der Waals surface area (Å²) in [5.74, 6) is 1.79. The standard InChI is InChI=1S/C23H34N2O/c26-23(21-14-6-3-7-15-21)25-24-22-17-9-8-13-20(16-10-18-22)19-11-4-1-2-5-12-19/h3,6-7,14-15,19-20H,1-2,4-5,8-13,16-18H2,(H,25,26)/b24-22+/t20-/m0/s1. The van der Waals surface area contributed by atoms with Gasteiger partial charge in [0.25, 0.3) is 5.91 Å². The average molecular weight is 355 g/mol. The van der Waals surface area contributed by atoms with Gasteiger partial charge >= 0.3 is 0 Å². The van der Waals surface area contributed by atoms with Crippen molar-refractivity contribution in [1.82, 2.24) is 5.43 Å². The zero-order chi connectivity index (χ0) is 18.0. The predicted octanol–water partition coefficient (Wildman–Crippen LogP) is 6.10. The maximum Gasteiger partial charge on any atom is 0.271 e. The van der Waals surface area contributed by atoms with Crippen LogP contribution in [0.25, 0.3) is 0 Å². The van der Waals surface area contributed by atoms with E-state index in [0.717, 1.165) is 24.7 Å². The van der Waals surface area contributed by atoms with Gasteiger partial charge in [0.05, 0.1) is 0 Å². The summed E-state index contributed by atoms with van der Waals surface area (Å²) in [6.45, 7) is 0. The SMILES string of the molecule is O=C(N/N=C1\CCCC[C@H](C2CCCCCC2)CCC1)c1ccccc1. The number of carbonyl (C=O) groups excluding carboxylic acids is 1. The second kappa shape index (κ2) is 10.5. The van der Waals surface area contributed by atoms with Crippen molar-refractivity contribution in [3.05, 3.63) is 35.9 Å². The van der Waals surface area contributed by atoms with E-state index in [1.54, 1.807) is 0 Å². The summed E-state index contributed by atoms with van der Waals surface area (Å²) in [6.07, 6.45) is 17.3. The number of nitrogens with zero attached hydrogens (tertiary/aromatic N) is 1. The zero-order valence-corrected chi connectivity index (χ0v) is 16.1. The fourth-order valence-corrected chi connectivity index (χ4v) is 4.72.